The number of ether oxygens (including phenoxy) is 3. The van der Waals surface area contributed by atoms with Crippen molar-refractivity contribution in [2.24, 2.45) is 0 Å². The van der Waals surface area contributed by atoms with Crippen molar-refractivity contribution < 1.29 is 28.2 Å². The average Bonchev–Trinajstić information content (AvgIpc) is 3.64. The molecule has 0 unspecified atom stereocenters. The van der Waals surface area contributed by atoms with Crippen LogP contribution in [0, 0.1) is 5.82 Å². The highest BCUT2D eigenvalue weighted by molar-refractivity contribution is 7.20. The van der Waals surface area contributed by atoms with Gasteiger partial charge >= 0.3 is 0 Å². The maximum absolute atomic E-state index is 14.6. The fraction of sp³-hybridized carbons (Fsp3) is 0.267. The average molecular weight is 562 g/mol. The molecule has 6 rings (SSSR count). The van der Waals surface area contributed by atoms with Gasteiger partial charge in [0.15, 0.2) is 11.5 Å². The maximum Gasteiger partial charge on any atom is 0.265 e. The van der Waals surface area contributed by atoms with Crippen LogP contribution in [0.15, 0.2) is 60.7 Å². The zero-order chi connectivity index (χ0) is 27.5. The third-order valence-corrected chi connectivity index (χ3v) is 7.96. The molecule has 2 N–H and O–H groups in total. The summed E-state index contributed by atoms with van der Waals surface area (Å²) in [5.74, 6) is 0.386. The lowest BCUT2D eigenvalue weighted by Gasteiger charge is -2.18. The molecule has 40 heavy (non-hydrogen) atoms. The second kappa shape index (κ2) is 11.5. The first-order valence-corrected chi connectivity index (χ1v) is 14.0. The van der Waals surface area contributed by atoms with Crippen molar-refractivity contribution in [1.82, 2.24) is 4.90 Å². The van der Waals surface area contributed by atoms with Crippen LogP contribution >= 0.6 is 11.3 Å². The Morgan fingerprint density at radius 1 is 0.900 bits per heavy atom. The molecule has 8 nitrogen and oxygen atoms in total. The minimum atomic E-state index is -0.611. The summed E-state index contributed by atoms with van der Waals surface area (Å²) in [6.45, 7) is 4.64. The van der Waals surface area contributed by atoms with E-state index >= 15 is 0 Å². The number of hydrogen-bond acceptors (Lipinski definition) is 7. The number of anilines is 2. The number of hydrogen-bond donors (Lipinski definition) is 2. The zero-order valence-corrected chi connectivity index (χ0v) is 22.5. The van der Waals surface area contributed by atoms with Gasteiger partial charge in [0.05, 0.1) is 10.6 Å². The summed E-state index contributed by atoms with van der Waals surface area (Å²) < 4.78 is 32.5. The van der Waals surface area contributed by atoms with Crippen LogP contribution in [0.3, 0.4) is 0 Å². The molecule has 4 aromatic rings. The number of nitrogens with zero attached hydrogens (tertiary/aromatic N) is 1. The molecule has 1 saturated heterocycles. The van der Waals surface area contributed by atoms with Crippen LogP contribution in [-0.2, 0) is 0 Å². The van der Waals surface area contributed by atoms with Gasteiger partial charge < -0.3 is 24.8 Å². The molecule has 0 bridgehead atoms. The van der Waals surface area contributed by atoms with Gasteiger partial charge in [-0.2, -0.15) is 0 Å². The summed E-state index contributed by atoms with van der Waals surface area (Å²) in [6, 6.07) is 16.4. The van der Waals surface area contributed by atoms with E-state index in [1.165, 1.54) is 42.4 Å². The Balaban J connectivity index is 1.11. The van der Waals surface area contributed by atoms with Gasteiger partial charge in [0.25, 0.3) is 11.8 Å². The van der Waals surface area contributed by atoms with Crippen molar-refractivity contribution in [1.29, 1.82) is 0 Å². The summed E-state index contributed by atoms with van der Waals surface area (Å²) in [5.41, 5.74) is 0.667. The van der Waals surface area contributed by atoms with Crippen molar-refractivity contribution in [3.8, 4) is 17.2 Å². The molecule has 1 aromatic heterocycles. The van der Waals surface area contributed by atoms with Crippen molar-refractivity contribution in [3.63, 3.8) is 0 Å². The van der Waals surface area contributed by atoms with E-state index in [9.17, 15) is 14.0 Å². The number of halogens is 1. The number of amides is 2. The van der Waals surface area contributed by atoms with Crippen LogP contribution in [0.25, 0.3) is 10.1 Å². The Labute approximate surface area is 234 Å². The second-order valence-corrected chi connectivity index (χ2v) is 10.8. The third kappa shape index (κ3) is 5.88. The summed E-state index contributed by atoms with van der Waals surface area (Å²) in [6.07, 6.45) is 2.49. The number of likely N-dealkylation sites (tertiary alicyclic amines) is 1. The van der Waals surface area contributed by atoms with E-state index in [1.54, 1.807) is 24.3 Å². The van der Waals surface area contributed by atoms with Crippen molar-refractivity contribution in [2.75, 3.05) is 50.1 Å². The van der Waals surface area contributed by atoms with E-state index in [0.717, 1.165) is 35.5 Å². The molecule has 0 spiro atoms. The largest absolute Gasteiger partial charge is 0.492 e. The van der Waals surface area contributed by atoms with Crippen LogP contribution in [0.1, 0.15) is 32.9 Å². The van der Waals surface area contributed by atoms with E-state index in [1.807, 2.05) is 18.2 Å². The van der Waals surface area contributed by atoms with E-state index in [4.69, 9.17) is 14.2 Å². The van der Waals surface area contributed by atoms with Crippen LogP contribution < -0.4 is 24.8 Å². The molecule has 1 fully saturated rings. The number of carbonyl (C=O) groups excluding carboxylic acids is 2. The number of thiophene rings is 1. The van der Waals surface area contributed by atoms with Gasteiger partial charge in [0.1, 0.15) is 31.4 Å². The van der Waals surface area contributed by atoms with Crippen LogP contribution in [0.4, 0.5) is 15.8 Å². The second-order valence-electron chi connectivity index (χ2n) is 9.67. The quantitative estimate of drug-likeness (QED) is 0.283. The molecule has 0 radical (unpaired) electrons. The fourth-order valence-electron chi connectivity index (χ4n) is 4.78. The lowest BCUT2D eigenvalue weighted by molar-refractivity contribution is 0.102. The molecule has 0 aliphatic carbocycles. The first-order chi connectivity index (χ1) is 19.5. The van der Waals surface area contributed by atoms with E-state index < -0.39 is 17.6 Å². The molecule has 10 heteroatoms. The van der Waals surface area contributed by atoms with Crippen molar-refractivity contribution in [3.05, 3.63) is 76.9 Å². The van der Waals surface area contributed by atoms with Crippen molar-refractivity contribution in [2.45, 2.75) is 12.8 Å². The monoisotopic (exact) mass is 561 g/mol. The number of nitrogens with one attached hydrogen (secondary N) is 2. The molecule has 2 amide bonds. The van der Waals surface area contributed by atoms with Crippen LogP contribution in [0.5, 0.6) is 17.2 Å². The molecule has 2 aliphatic rings. The minimum Gasteiger partial charge on any atom is -0.492 e. The van der Waals surface area contributed by atoms with Gasteiger partial charge in [-0.15, -0.1) is 11.3 Å². The smallest absolute Gasteiger partial charge is 0.265 e. The molecule has 0 atom stereocenters. The van der Waals surface area contributed by atoms with Crippen molar-refractivity contribution >= 4 is 44.6 Å². The van der Waals surface area contributed by atoms with Gasteiger partial charge in [0, 0.05) is 22.5 Å². The summed E-state index contributed by atoms with van der Waals surface area (Å²) in [7, 11) is 0. The normalized spacial score (nSPS) is 14.7. The van der Waals surface area contributed by atoms with E-state index in [-0.39, 0.29) is 5.69 Å². The predicted molar refractivity (Wildman–Crippen MR) is 153 cm³/mol. The molecular weight excluding hydrogens is 533 g/mol. The zero-order valence-electron chi connectivity index (χ0n) is 21.7. The minimum absolute atomic E-state index is 0.0339. The Morgan fingerprint density at radius 3 is 2.58 bits per heavy atom. The van der Waals surface area contributed by atoms with E-state index in [2.05, 4.69) is 15.5 Å². The summed E-state index contributed by atoms with van der Waals surface area (Å²) >= 11 is 1.31. The molecule has 3 aromatic carbocycles. The summed E-state index contributed by atoms with van der Waals surface area (Å²) in [4.78, 5) is 28.6. The standard InChI is InChI=1S/C30H28FN3O5S/c31-23-7-5-21(32-29(35)20-4-8-25-26(15-20)39-14-13-38-25)17-24(23)33-30(36)28-16-19-3-6-22(18-27(19)40-28)37-12-11-34-9-1-2-10-34/h3-8,15-18H,1-2,9-14H2,(H,32,35)(H,33,36). The highest BCUT2D eigenvalue weighted by Gasteiger charge is 2.17. The van der Waals surface area contributed by atoms with Gasteiger partial charge in [-0.1, -0.05) is 0 Å². The topological polar surface area (TPSA) is 89.1 Å². The molecule has 3 heterocycles. The van der Waals surface area contributed by atoms with Gasteiger partial charge in [-0.05, 0) is 92.0 Å². The Hall–Kier alpha value is -4.15. The SMILES string of the molecule is O=C(Nc1ccc(F)c(NC(=O)c2cc3ccc(OCCN4CCCC4)cc3s2)c1)c1ccc2c(c1)OCCO2. The van der Waals surface area contributed by atoms with Gasteiger partial charge in [-0.3, -0.25) is 14.5 Å². The highest BCUT2D eigenvalue weighted by atomic mass is 32.1. The van der Waals surface area contributed by atoms with Crippen LogP contribution in [-0.4, -0.2) is 56.2 Å². The Bertz CT molecular complexity index is 1570. The predicted octanol–water partition coefficient (Wildman–Crippen LogP) is 5.79. The lowest BCUT2D eigenvalue weighted by atomic mass is 10.1. The lowest BCUT2D eigenvalue weighted by Crippen LogP contribution is -2.25. The maximum atomic E-state index is 14.6. The molecule has 0 saturated carbocycles. The molecule has 2 aliphatic heterocycles. The number of benzene rings is 3. The first-order valence-electron chi connectivity index (χ1n) is 13.2. The Morgan fingerprint density at radius 2 is 1.73 bits per heavy atom. The number of carbonyl (C=O) groups is 2. The number of fused-ring (bicyclic) bond motifs is 2. The van der Waals surface area contributed by atoms with E-state index in [0.29, 0.717) is 47.4 Å². The molecular formula is C30H28FN3O5S. The Kier molecular flexibility index (Phi) is 7.52. The highest BCUT2D eigenvalue weighted by Crippen LogP contribution is 2.32. The number of rotatable bonds is 8. The molecule has 206 valence electrons. The van der Waals surface area contributed by atoms with Gasteiger partial charge in [0.2, 0.25) is 0 Å². The van der Waals surface area contributed by atoms with Gasteiger partial charge in [-0.25, -0.2) is 4.39 Å². The first kappa shape index (κ1) is 26.1. The third-order valence-electron chi connectivity index (χ3n) is 6.87. The van der Waals surface area contributed by atoms with Crippen LogP contribution in [0.2, 0.25) is 0 Å². The summed E-state index contributed by atoms with van der Waals surface area (Å²) in [5, 5.41) is 6.28. The fourth-order valence-corrected chi connectivity index (χ4v) is 5.77.